The average Bonchev–Trinajstić information content (AvgIpc) is 2.82. The van der Waals surface area contributed by atoms with E-state index in [1.54, 1.807) is 6.20 Å². The largest absolute Gasteiger partial charge is 0.392 e. The number of anilines is 1. The second-order valence-electron chi connectivity index (χ2n) is 8.15. The third-order valence-electron chi connectivity index (χ3n) is 5.83. The number of rotatable bonds is 6. The summed E-state index contributed by atoms with van der Waals surface area (Å²) in [7, 11) is 0. The van der Waals surface area contributed by atoms with E-state index in [-0.39, 0.29) is 24.9 Å². The molecule has 1 fully saturated rings. The van der Waals surface area contributed by atoms with Crippen molar-refractivity contribution in [3.8, 4) is 11.3 Å². The third kappa shape index (κ3) is 5.16. The van der Waals surface area contributed by atoms with Crippen LogP contribution in [0.25, 0.3) is 11.3 Å². The molecule has 1 aromatic heterocycles. The van der Waals surface area contributed by atoms with Crippen molar-refractivity contribution < 1.29 is 18.7 Å². The Morgan fingerprint density at radius 3 is 2.41 bits per heavy atom. The van der Waals surface area contributed by atoms with E-state index in [4.69, 9.17) is 4.98 Å². The maximum atomic E-state index is 13.5. The van der Waals surface area contributed by atoms with Crippen LogP contribution in [-0.2, 0) is 17.8 Å². The molecular weight excluding hydrogens is 412 g/mol. The Morgan fingerprint density at radius 2 is 1.72 bits per heavy atom. The van der Waals surface area contributed by atoms with Gasteiger partial charge in [0.1, 0.15) is 0 Å². The Morgan fingerprint density at radius 1 is 1.00 bits per heavy atom. The van der Waals surface area contributed by atoms with Gasteiger partial charge in [-0.1, -0.05) is 49.6 Å². The Balaban J connectivity index is 1.59. The second kappa shape index (κ2) is 9.96. The Hall–Kier alpha value is -3.19. The molecule has 0 unspecified atom stereocenters. The van der Waals surface area contributed by atoms with Gasteiger partial charge in [-0.3, -0.25) is 4.79 Å². The molecule has 1 aliphatic carbocycles. The lowest BCUT2D eigenvalue weighted by atomic mass is 9.86. The lowest BCUT2D eigenvalue weighted by Gasteiger charge is -2.23. The number of amides is 1. The lowest BCUT2D eigenvalue weighted by Crippen LogP contribution is -2.19. The molecule has 2 N–H and O–H groups in total. The number of aliphatic hydroxyl groups excluding tert-OH is 1. The highest BCUT2D eigenvalue weighted by Crippen LogP contribution is 2.35. The van der Waals surface area contributed by atoms with Gasteiger partial charge in [-0.15, -0.1) is 0 Å². The molecule has 1 amide bonds. The number of benzene rings is 2. The molecule has 3 aromatic rings. The fourth-order valence-electron chi connectivity index (χ4n) is 4.09. The van der Waals surface area contributed by atoms with E-state index in [2.05, 4.69) is 10.3 Å². The first-order valence-corrected chi connectivity index (χ1v) is 10.8. The summed E-state index contributed by atoms with van der Waals surface area (Å²) in [4.78, 5) is 22.0. The van der Waals surface area contributed by atoms with Crippen LogP contribution < -0.4 is 5.32 Å². The predicted octanol–water partition coefficient (Wildman–Crippen LogP) is 5.14. The number of nitrogens with one attached hydrogen (secondary N) is 1. The number of carbonyl (C=O) groups excluding carboxylic acids is 1. The zero-order valence-corrected chi connectivity index (χ0v) is 17.7. The zero-order chi connectivity index (χ0) is 22.5. The smallest absolute Gasteiger partial charge is 0.229 e. The van der Waals surface area contributed by atoms with Crippen molar-refractivity contribution >= 4 is 11.7 Å². The maximum absolute atomic E-state index is 13.5. The molecule has 0 aliphatic heterocycles. The number of halogens is 2. The van der Waals surface area contributed by atoms with Gasteiger partial charge in [0.15, 0.2) is 17.5 Å². The van der Waals surface area contributed by atoms with Crippen LogP contribution in [0.15, 0.2) is 48.7 Å². The summed E-state index contributed by atoms with van der Waals surface area (Å²) < 4.78 is 26.6. The quantitative estimate of drug-likeness (QED) is 0.560. The SMILES string of the molecule is O=C(Cc1ccc(F)c(F)c1)Nc1ncc(-c2ccc(CO)cc2)nc1C1CCCCC1. The molecule has 1 saturated carbocycles. The van der Waals surface area contributed by atoms with Crippen molar-refractivity contribution in [2.75, 3.05) is 5.32 Å². The topological polar surface area (TPSA) is 75.1 Å². The summed E-state index contributed by atoms with van der Waals surface area (Å²) in [6.45, 7) is -0.0256. The van der Waals surface area contributed by atoms with Crippen LogP contribution in [0.1, 0.15) is 54.8 Å². The monoisotopic (exact) mass is 437 g/mol. The number of hydrogen-bond donors (Lipinski definition) is 2. The van der Waals surface area contributed by atoms with Gasteiger partial charge in [-0.2, -0.15) is 0 Å². The van der Waals surface area contributed by atoms with E-state index in [1.165, 1.54) is 12.5 Å². The molecule has 0 spiro atoms. The van der Waals surface area contributed by atoms with Crippen molar-refractivity contribution in [1.29, 1.82) is 0 Å². The summed E-state index contributed by atoms with van der Waals surface area (Å²) in [5, 5.41) is 12.1. The molecule has 32 heavy (non-hydrogen) atoms. The van der Waals surface area contributed by atoms with Crippen molar-refractivity contribution in [1.82, 2.24) is 9.97 Å². The summed E-state index contributed by atoms with van der Waals surface area (Å²) >= 11 is 0. The molecule has 4 rings (SSSR count). The summed E-state index contributed by atoms with van der Waals surface area (Å²) in [5.74, 6) is -1.66. The number of nitrogens with zero attached hydrogens (tertiary/aromatic N) is 2. The van der Waals surface area contributed by atoms with Gasteiger partial charge in [0.25, 0.3) is 0 Å². The fourth-order valence-corrected chi connectivity index (χ4v) is 4.09. The minimum atomic E-state index is -0.977. The molecule has 5 nitrogen and oxygen atoms in total. The van der Waals surface area contributed by atoms with Gasteiger partial charge in [-0.05, 0) is 36.1 Å². The highest BCUT2D eigenvalue weighted by Gasteiger charge is 2.23. The molecule has 0 radical (unpaired) electrons. The molecule has 1 heterocycles. The first-order valence-electron chi connectivity index (χ1n) is 10.8. The van der Waals surface area contributed by atoms with Crippen LogP contribution >= 0.6 is 0 Å². The summed E-state index contributed by atoms with van der Waals surface area (Å²) in [6.07, 6.45) is 6.88. The zero-order valence-electron chi connectivity index (χ0n) is 17.7. The van der Waals surface area contributed by atoms with Crippen molar-refractivity contribution in [2.24, 2.45) is 0 Å². The predicted molar refractivity (Wildman–Crippen MR) is 118 cm³/mol. The summed E-state index contributed by atoms with van der Waals surface area (Å²) in [6, 6.07) is 10.9. The highest BCUT2D eigenvalue weighted by atomic mass is 19.2. The molecule has 166 valence electrons. The number of aromatic nitrogens is 2. The van der Waals surface area contributed by atoms with E-state index >= 15 is 0 Å². The Bertz CT molecular complexity index is 1100. The normalized spacial score (nSPS) is 14.3. The molecule has 1 aliphatic rings. The van der Waals surface area contributed by atoms with Crippen LogP contribution in [0.5, 0.6) is 0 Å². The first kappa shape index (κ1) is 22.0. The first-order chi connectivity index (χ1) is 15.5. The van der Waals surface area contributed by atoms with Crippen molar-refractivity contribution in [3.05, 3.63) is 77.1 Å². The van der Waals surface area contributed by atoms with Gasteiger partial charge in [0, 0.05) is 11.5 Å². The van der Waals surface area contributed by atoms with E-state index in [0.717, 1.165) is 54.6 Å². The van der Waals surface area contributed by atoms with Crippen molar-refractivity contribution in [2.45, 2.75) is 51.0 Å². The molecule has 0 atom stereocenters. The van der Waals surface area contributed by atoms with E-state index in [9.17, 15) is 18.7 Å². The van der Waals surface area contributed by atoms with Crippen LogP contribution in [0.4, 0.5) is 14.6 Å². The van der Waals surface area contributed by atoms with Gasteiger partial charge in [0.2, 0.25) is 5.91 Å². The maximum Gasteiger partial charge on any atom is 0.229 e. The highest BCUT2D eigenvalue weighted by molar-refractivity contribution is 5.92. The van der Waals surface area contributed by atoms with Crippen LogP contribution in [0.2, 0.25) is 0 Å². The fraction of sp³-hybridized carbons (Fsp3) is 0.320. The Labute approximate surface area is 185 Å². The summed E-state index contributed by atoms with van der Waals surface area (Å²) in [5.41, 5.74) is 3.54. The van der Waals surface area contributed by atoms with Crippen LogP contribution in [0.3, 0.4) is 0 Å². The molecular formula is C25H25F2N3O2. The third-order valence-corrected chi connectivity index (χ3v) is 5.83. The van der Waals surface area contributed by atoms with Gasteiger partial charge in [0.05, 0.1) is 30.6 Å². The molecule has 0 bridgehead atoms. The van der Waals surface area contributed by atoms with E-state index in [1.807, 2.05) is 24.3 Å². The van der Waals surface area contributed by atoms with Gasteiger partial charge in [-0.25, -0.2) is 18.7 Å². The Kier molecular flexibility index (Phi) is 6.85. The van der Waals surface area contributed by atoms with Crippen molar-refractivity contribution in [3.63, 3.8) is 0 Å². The lowest BCUT2D eigenvalue weighted by molar-refractivity contribution is -0.115. The average molecular weight is 437 g/mol. The van der Waals surface area contributed by atoms with E-state index < -0.39 is 11.6 Å². The van der Waals surface area contributed by atoms with Crippen LogP contribution in [-0.4, -0.2) is 21.0 Å². The number of carbonyl (C=O) groups is 1. The minimum Gasteiger partial charge on any atom is -0.392 e. The number of hydrogen-bond acceptors (Lipinski definition) is 4. The standard InChI is InChI=1S/C25H25F2N3O2/c26-20-11-8-17(12-21(20)27)13-23(32)30-25-24(19-4-2-1-3-5-19)29-22(14-28-25)18-9-6-16(15-31)7-10-18/h6-12,14,19,31H,1-5,13,15H2,(H,28,30,32). The molecule has 0 saturated heterocycles. The second-order valence-corrected chi connectivity index (χ2v) is 8.15. The van der Waals surface area contributed by atoms with Gasteiger partial charge >= 0.3 is 0 Å². The number of aliphatic hydroxyl groups is 1. The minimum absolute atomic E-state index is 0.0256. The van der Waals surface area contributed by atoms with Gasteiger partial charge < -0.3 is 10.4 Å². The molecule has 2 aromatic carbocycles. The molecule has 7 heteroatoms. The van der Waals surface area contributed by atoms with E-state index in [0.29, 0.717) is 17.1 Å². The van der Waals surface area contributed by atoms with Crippen LogP contribution in [0, 0.1) is 11.6 Å².